The molecule has 0 atom stereocenters. The van der Waals surface area contributed by atoms with Crippen molar-refractivity contribution >= 4 is 22.8 Å². The molecular formula is C14H19N3S. The third-order valence-corrected chi connectivity index (χ3v) is 4.16. The highest BCUT2D eigenvalue weighted by molar-refractivity contribution is 7.10. The number of nitrogens with two attached hydrogens (primary N) is 1. The number of anilines is 2. The molecule has 96 valence electrons. The van der Waals surface area contributed by atoms with Gasteiger partial charge in [0.2, 0.25) is 0 Å². The van der Waals surface area contributed by atoms with Crippen LogP contribution in [0.2, 0.25) is 0 Å². The van der Waals surface area contributed by atoms with Crippen molar-refractivity contribution in [3.63, 3.8) is 0 Å². The summed E-state index contributed by atoms with van der Waals surface area (Å²) in [6, 6.07) is 4.14. The second-order valence-electron chi connectivity index (χ2n) is 4.61. The Bertz CT molecular complexity index is 534. The van der Waals surface area contributed by atoms with Crippen LogP contribution in [0.25, 0.3) is 0 Å². The number of nitrogens with zero attached hydrogens (tertiary/aromatic N) is 2. The van der Waals surface area contributed by atoms with E-state index >= 15 is 0 Å². The number of aromatic nitrogens is 1. The number of nitrogen functional groups attached to an aromatic ring is 1. The third kappa shape index (κ3) is 2.82. The first-order valence-electron chi connectivity index (χ1n) is 6.04. The number of likely N-dealkylation sites (N-methyl/N-ethyl adjacent to an activating group) is 1. The van der Waals surface area contributed by atoms with E-state index in [1.54, 1.807) is 6.20 Å². The van der Waals surface area contributed by atoms with Gasteiger partial charge in [0.25, 0.3) is 0 Å². The van der Waals surface area contributed by atoms with E-state index in [0.29, 0.717) is 0 Å². The van der Waals surface area contributed by atoms with Crippen LogP contribution in [0.4, 0.5) is 11.5 Å². The number of aryl methyl sites for hydroxylation is 2. The standard InChI is InChI=1S/C14H19N3S/c1-10-5-7-18-13(10)4-6-17(3)14-11(2)8-12(15)9-16-14/h5,7-9H,4,6,15H2,1-3H3. The van der Waals surface area contributed by atoms with Gasteiger partial charge in [-0.05, 0) is 48.9 Å². The lowest BCUT2D eigenvalue weighted by atomic mass is 10.2. The van der Waals surface area contributed by atoms with Crippen LogP contribution in [0.5, 0.6) is 0 Å². The Balaban J connectivity index is 2.03. The van der Waals surface area contributed by atoms with Crippen LogP contribution in [-0.2, 0) is 6.42 Å². The van der Waals surface area contributed by atoms with Crippen molar-refractivity contribution in [2.24, 2.45) is 0 Å². The van der Waals surface area contributed by atoms with E-state index in [1.807, 2.05) is 24.3 Å². The van der Waals surface area contributed by atoms with Gasteiger partial charge in [-0.2, -0.15) is 0 Å². The molecule has 0 saturated heterocycles. The average molecular weight is 261 g/mol. The van der Waals surface area contributed by atoms with Crippen molar-refractivity contribution in [3.8, 4) is 0 Å². The molecule has 0 fully saturated rings. The third-order valence-electron chi connectivity index (χ3n) is 3.08. The zero-order valence-corrected chi connectivity index (χ0v) is 11.9. The predicted octanol–water partition coefficient (Wildman–Crippen LogP) is 3.02. The van der Waals surface area contributed by atoms with E-state index in [1.165, 1.54) is 10.4 Å². The molecule has 0 saturated carbocycles. The molecule has 0 aliphatic heterocycles. The van der Waals surface area contributed by atoms with E-state index in [-0.39, 0.29) is 0 Å². The second kappa shape index (κ2) is 5.40. The lowest BCUT2D eigenvalue weighted by Gasteiger charge is -2.20. The van der Waals surface area contributed by atoms with Crippen molar-refractivity contribution in [1.82, 2.24) is 4.98 Å². The van der Waals surface area contributed by atoms with E-state index in [9.17, 15) is 0 Å². The largest absolute Gasteiger partial charge is 0.397 e. The molecule has 0 radical (unpaired) electrons. The zero-order chi connectivity index (χ0) is 13.1. The zero-order valence-electron chi connectivity index (χ0n) is 11.1. The van der Waals surface area contributed by atoms with Gasteiger partial charge < -0.3 is 10.6 Å². The first kappa shape index (κ1) is 12.9. The van der Waals surface area contributed by atoms with Gasteiger partial charge in [-0.1, -0.05) is 0 Å². The number of thiophene rings is 1. The summed E-state index contributed by atoms with van der Waals surface area (Å²) in [7, 11) is 2.08. The highest BCUT2D eigenvalue weighted by atomic mass is 32.1. The van der Waals surface area contributed by atoms with Crippen LogP contribution in [0.15, 0.2) is 23.7 Å². The molecule has 18 heavy (non-hydrogen) atoms. The minimum absolute atomic E-state index is 0.721. The number of hydrogen-bond acceptors (Lipinski definition) is 4. The summed E-state index contributed by atoms with van der Waals surface area (Å²) in [5, 5.41) is 2.15. The fourth-order valence-corrected chi connectivity index (χ4v) is 2.92. The molecule has 0 unspecified atom stereocenters. The first-order chi connectivity index (χ1) is 8.58. The normalized spacial score (nSPS) is 10.6. The Morgan fingerprint density at radius 2 is 2.11 bits per heavy atom. The minimum Gasteiger partial charge on any atom is -0.397 e. The van der Waals surface area contributed by atoms with Crippen molar-refractivity contribution in [2.75, 3.05) is 24.2 Å². The highest BCUT2D eigenvalue weighted by Crippen LogP contribution is 2.20. The molecule has 0 aromatic carbocycles. The van der Waals surface area contributed by atoms with E-state index < -0.39 is 0 Å². The van der Waals surface area contributed by atoms with Crippen molar-refractivity contribution in [2.45, 2.75) is 20.3 Å². The highest BCUT2D eigenvalue weighted by Gasteiger charge is 2.08. The topological polar surface area (TPSA) is 42.1 Å². The van der Waals surface area contributed by atoms with Crippen LogP contribution in [0.1, 0.15) is 16.0 Å². The van der Waals surface area contributed by atoms with Crippen LogP contribution in [-0.4, -0.2) is 18.6 Å². The van der Waals surface area contributed by atoms with Crippen molar-refractivity contribution in [3.05, 3.63) is 39.7 Å². The van der Waals surface area contributed by atoms with Crippen molar-refractivity contribution in [1.29, 1.82) is 0 Å². The molecule has 3 nitrogen and oxygen atoms in total. The molecule has 0 aliphatic rings. The number of hydrogen-bond donors (Lipinski definition) is 1. The fourth-order valence-electron chi connectivity index (χ4n) is 2.02. The summed E-state index contributed by atoms with van der Waals surface area (Å²) in [5.74, 6) is 1.01. The summed E-state index contributed by atoms with van der Waals surface area (Å²) in [4.78, 5) is 8.05. The van der Waals surface area contributed by atoms with Gasteiger partial charge in [-0.25, -0.2) is 4.98 Å². The maximum atomic E-state index is 5.72. The molecule has 4 heteroatoms. The van der Waals surface area contributed by atoms with Crippen LogP contribution in [0.3, 0.4) is 0 Å². The molecule has 2 N–H and O–H groups in total. The SMILES string of the molecule is Cc1cc(N)cnc1N(C)CCc1sccc1C. The average Bonchev–Trinajstić information content (AvgIpc) is 2.72. The molecular weight excluding hydrogens is 242 g/mol. The smallest absolute Gasteiger partial charge is 0.131 e. The van der Waals surface area contributed by atoms with Crippen LogP contribution < -0.4 is 10.6 Å². The van der Waals surface area contributed by atoms with Crippen LogP contribution >= 0.6 is 11.3 Å². The Morgan fingerprint density at radius 1 is 1.33 bits per heavy atom. The van der Waals surface area contributed by atoms with E-state index in [4.69, 9.17) is 5.73 Å². The van der Waals surface area contributed by atoms with Crippen molar-refractivity contribution < 1.29 is 0 Å². The van der Waals surface area contributed by atoms with Gasteiger partial charge in [0, 0.05) is 18.5 Å². The Labute approximate surface area is 112 Å². The molecule has 2 aromatic heterocycles. The summed E-state index contributed by atoms with van der Waals surface area (Å²) in [5.41, 5.74) is 8.95. The van der Waals surface area contributed by atoms with E-state index in [2.05, 4.69) is 35.3 Å². The Morgan fingerprint density at radius 3 is 2.72 bits per heavy atom. The fraction of sp³-hybridized carbons (Fsp3) is 0.357. The Hall–Kier alpha value is -1.55. The van der Waals surface area contributed by atoms with Gasteiger partial charge in [0.05, 0.1) is 11.9 Å². The molecule has 0 spiro atoms. The summed E-state index contributed by atoms with van der Waals surface area (Å²) >= 11 is 1.83. The maximum Gasteiger partial charge on any atom is 0.131 e. The summed E-state index contributed by atoms with van der Waals surface area (Å²) in [6.07, 6.45) is 2.78. The Kier molecular flexibility index (Phi) is 3.87. The maximum absolute atomic E-state index is 5.72. The monoisotopic (exact) mass is 261 g/mol. The molecule has 2 aromatic rings. The first-order valence-corrected chi connectivity index (χ1v) is 6.92. The van der Waals surface area contributed by atoms with Gasteiger partial charge in [0.15, 0.2) is 0 Å². The molecule has 0 bridgehead atoms. The van der Waals surface area contributed by atoms with Gasteiger partial charge in [-0.15, -0.1) is 11.3 Å². The quantitative estimate of drug-likeness (QED) is 0.920. The number of pyridine rings is 1. The van der Waals surface area contributed by atoms with Gasteiger partial charge in [0.1, 0.15) is 5.82 Å². The lowest BCUT2D eigenvalue weighted by Crippen LogP contribution is -2.22. The van der Waals surface area contributed by atoms with Gasteiger partial charge >= 0.3 is 0 Å². The summed E-state index contributed by atoms with van der Waals surface area (Å²) in [6.45, 7) is 5.18. The lowest BCUT2D eigenvalue weighted by molar-refractivity contribution is 0.861. The van der Waals surface area contributed by atoms with E-state index in [0.717, 1.165) is 30.0 Å². The molecule has 0 amide bonds. The van der Waals surface area contributed by atoms with Crippen LogP contribution in [0, 0.1) is 13.8 Å². The number of rotatable bonds is 4. The second-order valence-corrected chi connectivity index (χ2v) is 5.61. The molecule has 0 aliphatic carbocycles. The summed E-state index contributed by atoms with van der Waals surface area (Å²) < 4.78 is 0. The van der Waals surface area contributed by atoms with Gasteiger partial charge in [-0.3, -0.25) is 0 Å². The molecule has 2 heterocycles. The predicted molar refractivity (Wildman–Crippen MR) is 79.4 cm³/mol. The molecule has 2 rings (SSSR count). The minimum atomic E-state index is 0.721.